The molecule has 0 aliphatic heterocycles. The van der Waals surface area contributed by atoms with Gasteiger partial charge in [0.05, 0.1) is 16.0 Å². The number of anilines is 5. The highest BCUT2D eigenvalue weighted by Crippen LogP contribution is 2.21. The van der Waals surface area contributed by atoms with Crippen molar-refractivity contribution in [2.24, 2.45) is 0 Å². The van der Waals surface area contributed by atoms with Gasteiger partial charge in [-0.05, 0) is 42.5 Å². The second-order valence-corrected chi connectivity index (χ2v) is 7.42. The first-order valence-corrected chi connectivity index (χ1v) is 9.70. The molecule has 0 saturated carbocycles. The standard InChI is InChI=1S/C17H14N6O7S/c18-15-21-16(19-10-1-3-12(4-2-10)31(28,29)30)23-17(22-15)20-11-6-8(13(24)25)5-9(7-11)14(26)27/h1-7H,(H,24,25)(H,26,27)(H,28,29,30)(H4,18,19,20,21,22,23). The fraction of sp³-hybridized carbons (Fsp3) is 0. The highest BCUT2D eigenvalue weighted by atomic mass is 32.2. The summed E-state index contributed by atoms with van der Waals surface area (Å²) in [4.78, 5) is 34.0. The van der Waals surface area contributed by atoms with Crippen LogP contribution in [0.3, 0.4) is 0 Å². The van der Waals surface area contributed by atoms with Crippen LogP contribution in [0.1, 0.15) is 20.7 Å². The summed E-state index contributed by atoms with van der Waals surface area (Å²) in [6.07, 6.45) is 0. The first-order valence-electron chi connectivity index (χ1n) is 8.26. The van der Waals surface area contributed by atoms with Gasteiger partial charge in [-0.15, -0.1) is 0 Å². The van der Waals surface area contributed by atoms with Gasteiger partial charge in [0.15, 0.2) is 0 Å². The Hall–Kier alpha value is -4.30. The molecule has 7 N–H and O–H groups in total. The van der Waals surface area contributed by atoms with Crippen LogP contribution in [0.5, 0.6) is 0 Å². The fourth-order valence-electron chi connectivity index (χ4n) is 2.42. The Balaban J connectivity index is 1.88. The smallest absolute Gasteiger partial charge is 0.335 e. The van der Waals surface area contributed by atoms with Crippen molar-refractivity contribution in [1.82, 2.24) is 15.0 Å². The SMILES string of the molecule is Nc1nc(Nc2ccc(S(=O)(=O)O)cc2)nc(Nc2cc(C(=O)O)cc(C(=O)O)c2)n1. The Kier molecular flexibility index (Phi) is 5.67. The van der Waals surface area contributed by atoms with Gasteiger partial charge in [0.2, 0.25) is 17.8 Å². The predicted molar refractivity (Wildman–Crippen MR) is 107 cm³/mol. The lowest BCUT2D eigenvalue weighted by Crippen LogP contribution is -2.08. The molecule has 14 heteroatoms. The van der Waals surface area contributed by atoms with E-state index in [1.807, 2.05) is 0 Å². The molecule has 0 bridgehead atoms. The third-order valence-corrected chi connectivity index (χ3v) is 4.61. The molecule has 31 heavy (non-hydrogen) atoms. The summed E-state index contributed by atoms with van der Waals surface area (Å²) >= 11 is 0. The molecule has 0 unspecified atom stereocenters. The maximum Gasteiger partial charge on any atom is 0.335 e. The van der Waals surface area contributed by atoms with Gasteiger partial charge < -0.3 is 26.6 Å². The molecule has 0 aliphatic rings. The summed E-state index contributed by atoms with van der Waals surface area (Å²) in [6.45, 7) is 0. The summed E-state index contributed by atoms with van der Waals surface area (Å²) in [5, 5.41) is 23.7. The number of hydrogen-bond donors (Lipinski definition) is 6. The first-order chi connectivity index (χ1) is 14.5. The average molecular weight is 446 g/mol. The Labute approximate surface area is 174 Å². The minimum atomic E-state index is -4.34. The number of nitrogens with one attached hydrogen (secondary N) is 2. The van der Waals surface area contributed by atoms with Crippen LogP contribution in [-0.4, -0.2) is 50.1 Å². The molecule has 160 valence electrons. The van der Waals surface area contributed by atoms with Crippen LogP contribution in [0.25, 0.3) is 0 Å². The highest BCUT2D eigenvalue weighted by molar-refractivity contribution is 7.85. The number of carbonyl (C=O) groups is 2. The summed E-state index contributed by atoms with van der Waals surface area (Å²) < 4.78 is 31.2. The van der Waals surface area contributed by atoms with E-state index in [4.69, 9.17) is 20.5 Å². The number of hydrogen-bond acceptors (Lipinski definition) is 10. The molecule has 2 aromatic carbocycles. The van der Waals surface area contributed by atoms with Gasteiger partial charge in [0.25, 0.3) is 10.1 Å². The van der Waals surface area contributed by atoms with Crippen molar-refractivity contribution in [3.05, 3.63) is 53.6 Å². The van der Waals surface area contributed by atoms with Crippen LogP contribution in [0.4, 0.5) is 29.2 Å². The van der Waals surface area contributed by atoms with Gasteiger partial charge in [-0.25, -0.2) is 9.59 Å². The van der Waals surface area contributed by atoms with E-state index in [1.165, 1.54) is 24.3 Å². The number of nitrogen functional groups attached to an aromatic ring is 1. The number of carboxylic acids is 2. The monoisotopic (exact) mass is 446 g/mol. The number of nitrogens with two attached hydrogens (primary N) is 1. The zero-order valence-corrected chi connectivity index (χ0v) is 16.2. The molecular weight excluding hydrogens is 432 g/mol. The third kappa shape index (κ3) is 5.40. The van der Waals surface area contributed by atoms with Crippen LogP contribution in [0, 0.1) is 0 Å². The number of nitrogens with zero attached hydrogens (tertiary/aromatic N) is 3. The summed E-state index contributed by atoms with van der Waals surface area (Å²) in [7, 11) is -4.34. The van der Waals surface area contributed by atoms with E-state index >= 15 is 0 Å². The molecule has 1 aromatic heterocycles. The topological polar surface area (TPSA) is 218 Å². The lowest BCUT2D eigenvalue weighted by Gasteiger charge is -2.10. The zero-order valence-electron chi connectivity index (χ0n) is 15.3. The first kappa shape index (κ1) is 21.4. The molecule has 3 aromatic rings. The lowest BCUT2D eigenvalue weighted by atomic mass is 10.1. The van der Waals surface area contributed by atoms with Crippen LogP contribution in [-0.2, 0) is 10.1 Å². The second-order valence-electron chi connectivity index (χ2n) is 6.00. The summed E-state index contributed by atoms with van der Waals surface area (Å²) in [5.41, 5.74) is 5.59. The quantitative estimate of drug-likeness (QED) is 0.284. The van der Waals surface area contributed by atoms with Crippen molar-refractivity contribution in [2.75, 3.05) is 16.4 Å². The van der Waals surface area contributed by atoms with E-state index < -0.39 is 22.1 Å². The Bertz CT molecular complexity index is 1250. The van der Waals surface area contributed by atoms with Gasteiger partial charge in [0, 0.05) is 11.4 Å². The molecule has 0 aliphatic carbocycles. The van der Waals surface area contributed by atoms with Gasteiger partial charge in [-0.2, -0.15) is 23.4 Å². The molecule has 0 atom stereocenters. The highest BCUT2D eigenvalue weighted by Gasteiger charge is 2.13. The molecule has 0 saturated heterocycles. The maximum atomic E-state index is 11.2. The third-order valence-electron chi connectivity index (χ3n) is 3.74. The number of rotatable bonds is 7. The molecule has 0 radical (unpaired) electrons. The fourth-order valence-corrected chi connectivity index (χ4v) is 2.90. The van der Waals surface area contributed by atoms with E-state index in [2.05, 4.69) is 25.6 Å². The van der Waals surface area contributed by atoms with Gasteiger partial charge >= 0.3 is 11.9 Å². The summed E-state index contributed by atoms with van der Waals surface area (Å²) in [5.74, 6) is -3.00. The Morgan fingerprint density at radius 1 is 0.806 bits per heavy atom. The van der Waals surface area contributed by atoms with Crippen LogP contribution >= 0.6 is 0 Å². The van der Waals surface area contributed by atoms with Crippen LogP contribution < -0.4 is 16.4 Å². The average Bonchev–Trinajstić information content (AvgIpc) is 2.67. The van der Waals surface area contributed by atoms with Crippen molar-refractivity contribution in [3.63, 3.8) is 0 Å². The molecule has 0 amide bonds. The predicted octanol–water partition coefficient (Wildman–Crippen LogP) is 1.58. The maximum absolute atomic E-state index is 11.2. The normalized spacial score (nSPS) is 11.0. The van der Waals surface area contributed by atoms with Gasteiger partial charge in [-0.3, -0.25) is 4.55 Å². The number of aromatic nitrogens is 3. The molecule has 0 spiro atoms. The van der Waals surface area contributed by atoms with E-state index in [1.54, 1.807) is 0 Å². The van der Waals surface area contributed by atoms with Crippen molar-refractivity contribution in [1.29, 1.82) is 0 Å². The summed E-state index contributed by atoms with van der Waals surface area (Å²) in [6, 6.07) is 8.41. The minimum absolute atomic E-state index is 0.0394. The van der Waals surface area contributed by atoms with Crippen molar-refractivity contribution in [3.8, 4) is 0 Å². The largest absolute Gasteiger partial charge is 0.478 e. The lowest BCUT2D eigenvalue weighted by molar-refractivity contribution is 0.0696. The number of aromatic carboxylic acids is 2. The van der Waals surface area contributed by atoms with Crippen LogP contribution in [0.15, 0.2) is 47.4 Å². The van der Waals surface area contributed by atoms with Gasteiger partial charge in [-0.1, -0.05) is 0 Å². The second kappa shape index (κ2) is 8.21. The van der Waals surface area contributed by atoms with Crippen molar-refractivity contribution < 1.29 is 32.8 Å². The molecule has 13 nitrogen and oxygen atoms in total. The van der Waals surface area contributed by atoms with E-state index in [-0.39, 0.29) is 39.6 Å². The Morgan fingerprint density at radius 3 is 1.74 bits per heavy atom. The van der Waals surface area contributed by atoms with E-state index in [0.717, 1.165) is 18.2 Å². The van der Waals surface area contributed by atoms with Crippen LogP contribution in [0.2, 0.25) is 0 Å². The van der Waals surface area contributed by atoms with Crippen molar-refractivity contribution in [2.45, 2.75) is 4.90 Å². The van der Waals surface area contributed by atoms with E-state index in [0.29, 0.717) is 5.69 Å². The number of carboxylic acid groups (broad SMARTS) is 2. The molecular formula is C17H14N6O7S. The minimum Gasteiger partial charge on any atom is -0.478 e. The van der Waals surface area contributed by atoms with Crippen molar-refractivity contribution >= 4 is 51.3 Å². The zero-order chi connectivity index (χ0) is 22.8. The Morgan fingerprint density at radius 2 is 1.29 bits per heavy atom. The van der Waals surface area contributed by atoms with Gasteiger partial charge in [0.1, 0.15) is 0 Å². The molecule has 0 fully saturated rings. The molecule has 3 rings (SSSR count). The number of benzene rings is 2. The molecule has 1 heterocycles. The van der Waals surface area contributed by atoms with E-state index in [9.17, 15) is 18.0 Å².